The number of rotatable bonds is 6. The molecule has 0 aromatic carbocycles. The van der Waals surface area contributed by atoms with E-state index in [2.05, 4.69) is 5.10 Å². The van der Waals surface area contributed by atoms with Crippen LogP contribution in [0.5, 0.6) is 0 Å². The maximum absolute atomic E-state index is 12.4. The van der Waals surface area contributed by atoms with Gasteiger partial charge in [-0.1, -0.05) is 13.3 Å². The van der Waals surface area contributed by atoms with Gasteiger partial charge in [0.25, 0.3) is 0 Å². The summed E-state index contributed by atoms with van der Waals surface area (Å²) in [6.07, 6.45) is 7.63. The van der Waals surface area contributed by atoms with Crippen molar-refractivity contribution < 1.29 is 14.7 Å². The highest BCUT2D eigenvalue weighted by molar-refractivity contribution is 5.80. The number of aryl methyl sites for hydroxylation is 2. The van der Waals surface area contributed by atoms with Crippen LogP contribution in [-0.2, 0) is 23.1 Å². The monoisotopic (exact) mass is 307 g/mol. The van der Waals surface area contributed by atoms with Crippen LogP contribution in [0.3, 0.4) is 0 Å². The normalized spacial score (nSPS) is 21.8. The number of amides is 1. The number of aromatic nitrogens is 2. The predicted molar refractivity (Wildman–Crippen MR) is 82.3 cm³/mol. The highest BCUT2D eigenvalue weighted by Gasteiger charge is 2.42. The highest BCUT2D eigenvalue weighted by atomic mass is 16.4. The molecule has 1 fully saturated rings. The molecule has 0 saturated carbocycles. The number of hydrogen-bond acceptors (Lipinski definition) is 3. The largest absolute Gasteiger partial charge is 0.481 e. The second kappa shape index (κ2) is 6.94. The molecule has 1 unspecified atom stereocenters. The fraction of sp³-hybridized carbons (Fsp3) is 0.688. The van der Waals surface area contributed by atoms with E-state index in [1.165, 1.54) is 0 Å². The van der Waals surface area contributed by atoms with E-state index in [1.807, 2.05) is 20.2 Å². The van der Waals surface area contributed by atoms with Crippen molar-refractivity contribution in [1.82, 2.24) is 14.7 Å². The molecule has 0 spiro atoms. The van der Waals surface area contributed by atoms with Crippen molar-refractivity contribution in [1.29, 1.82) is 0 Å². The van der Waals surface area contributed by atoms with Gasteiger partial charge in [0.2, 0.25) is 5.91 Å². The summed E-state index contributed by atoms with van der Waals surface area (Å²) in [5, 5.41) is 13.7. The van der Waals surface area contributed by atoms with Gasteiger partial charge in [-0.3, -0.25) is 14.3 Å². The van der Waals surface area contributed by atoms with Crippen LogP contribution in [0.25, 0.3) is 0 Å². The molecule has 6 heteroatoms. The van der Waals surface area contributed by atoms with Crippen molar-refractivity contribution in [3.63, 3.8) is 0 Å². The van der Waals surface area contributed by atoms with E-state index in [0.29, 0.717) is 38.8 Å². The van der Waals surface area contributed by atoms with E-state index < -0.39 is 11.4 Å². The second-order valence-electron chi connectivity index (χ2n) is 6.28. The molecular weight excluding hydrogens is 282 g/mol. The summed E-state index contributed by atoms with van der Waals surface area (Å²) in [4.78, 5) is 25.8. The fourth-order valence-corrected chi connectivity index (χ4v) is 3.32. The van der Waals surface area contributed by atoms with Crippen molar-refractivity contribution in [2.24, 2.45) is 12.5 Å². The summed E-state index contributed by atoms with van der Waals surface area (Å²) < 4.78 is 1.72. The lowest BCUT2D eigenvalue weighted by Gasteiger charge is -2.40. The molecule has 22 heavy (non-hydrogen) atoms. The Morgan fingerprint density at radius 3 is 2.82 bits per heavy atom. The van der Waals surface area contributed by atoms with Gasteiger partial charge in [0, 0.05) is 32.8 Å². The Morgan fingerprint density at radius 2 is 2.23 bits per heavy atom. The molecule has 122 valence electrons. The molecule has 1 atom stereocenters. The van der Waals surface area contributed by atoms with Crippen molar-refractivity contribution >= 4 is 11.9 Å². The van der Waals surface area contributed by atoms with Gasteiger partial charge in [-0.25, -0.2) is 0 Å². The maximum atomic E-state index is 12.4. The van der Waals surface area contributed by atoms with Crippen LogP contribution < -0.4 is 0 Å². The smallest absolute Gasteiger partial charge is 0.311 e. The summed E-state index contributed by atoms with van der Waals surface area (Å²) >= 11 is 0. The number of hydrogen-bond donors (Lipinski definition) is 1. The summed E-state index contributed by atoms with van der Waals surface area (Å²) in [6.45, 7) is 3.01. The number of nitrogens with zero attached hydrogens (tertiary/aromatic N) is 3. The van der Waals surface area contributed by atoms with Crippen molar-refractivity contribution in [2.75, 3.05) is 13.1 Å². The molecule has 0 radical (unpaired) electrons. The molecule has 1 aromatic heterocycles. The van der Waals surface area contributed by atoms with Gasteiger partial charge in [-0.2, -0.15) is 5.10 Å². The number of carbonyl (C=O) groups is 2. The van der Waals surface area contributed by atoms with Crippen LogP contribution in [0, 0.1) is 5.41 Å². The van der Waals surface area contributed by atoms with E-state index in [0.717, 1.165) is 18.4 Å². The molecule has 1 N–H and O–H groups in total. The third kappa shape index (κ3) is 3.67. The van der Waals surface area contributed by atoms with Gasteiger partial charge in [-0.15, -0.1) is 0 Å². The minimum atomic E-state index is -0.765. The van der Waals surface area contributed by atoms with Crippen LogP contribution in [-0.4, -0.2) is 44.8 Å². The molecule has 0 bridgehead atoms. The van der Waals surface area contributed by atoms with Gasteiger partial charge in [0.05, 0.1) is 11.6 Å². The summed E-state index contributed by atoms with van der Waals surface area (Å²) in [5.41, 5.74) is 0.280. The van der Waals surface area contributed by atoms with Crippen molar-refractivity contribution in [3.8, 4) is 0 Å². The Balaban J connectivity index is 1.95. The number of aliphatic carboxylic acids is 1. The molecule has 1 aliphatic heterocycles. The first-order chi connectivity index (χ1) is 10.5. The zero-order valence-electron chi connectivity index (χ0n) is 13.4. The van der Waals surface area contributed by atoms with Crippen LogP contribution in [0.1, 0.15) is 44.6 Å². The molecule has 0 aliphatic carbocycles. The highest BCUT2D eigenvalue weighted by Crippen LogP contribution is 2.35. The maximum Gasteiger partial charge on any atom is 0.311 e. The van der Waals surface area contributed by atoms with Crippen LogP contribution in [0.2, 0.25) is 0 Å². The second-order valence-corrected chi connectivity index (χ2v) is 6.28. The predicted octanol–water partition coefficient (Wildman–Crippen LogP) is 1.85. The van der Waals surface area contributed by atoms with E-state index in [1.54, 1.807) is 15.8 Å². The lowest BCUT2D eigenvalue weighted by molar-refractivity contribution is -0.155. The quantitative estimate of drug-likeness (QED) is 0.870. The van der Waals surface area contributed by atoms with Crippen molar-refractivity contribution in [3.05, 3.63) is 18.0 Å². The van der Waals surface area contributed by atoms with Crippen LogP contribution in [0.4, 0.5) is 0 Å². The lowest BCUT2D eigenvalue weighted by atomic mass is 9.76. The number of carbonyl (C=O) groups excluding carboxylic acids is 1. The zero-order valence-corrected chi connectivity index (χ0v) is 13.4. The topological polar surface area (TPSA) is 75.4 Å². The first kappa shape index (κ1) is 16.5. The van der Waals surface area contributed by atoms with E-state index in [4.69, 9.17) is 0 Å². The lowest BCUT2D eigenvalue weighted by Crippen LogP contribution is -2.50. The SMILES string of the molecule is CCCC1(C(=O)O)CCCN(C(=O)CCc2cnn(C)c2)C1. The molecule has 2 rings (SSSR count). The first-order valence-corrected chi connectivity index (χ1v) is 7.95. The molecule has 1 saturated heterocycles. The van der Waals surface area contributed by atoms with E-state index >= 15 is 0 Å². The molecular formula is C16H25N3O3. The summed E-state index contributed by atoms with van der Waals surface area (Å²) in [7, 11) is 1.85. The minimum Gasteiger partial charge on any atom is -0.481 e. The van der Waals surface area contributed by atoms with Gasteiger partial charge in [0.1, 0.15) is 0 Å². The Kier molecular flexibility index (Phi) is 5.21. The average molecular weight is 307 g/mol. The van der Waals surface area contributed by atoms with Gasteiger partial charge >= 0.3 is 5.97 Å². The Morgan fingerprint density at radius 1 is 1.45 bits per heavy atom. The number of carboxylic acids is 1. The number of likely N-dealkylation sites (tertiary alicyclic amines) is 1. The third-order valence-corrected chi connectivity index (χ3v) is 4.50. The molecule has 1 amide bonds. The molecule has 2 heterocycles. The van der Waals surface area contributed by atoms with Gasteiger partial charge < -0.3 is 10.0 Å². The Bertz CT molecular complexity index is 536. The summed E-state index contributed by atoms with van der Waals surface area (Å²) in [6, 6.07) is 0. The standard InChI is InChI=1S/C16H25N3O3/c1-3-7-16(15(21)22)8-4-9-19(12-16)14(20)6-5-13-10-17-18(2)11-13/h10-11H,3-9,12H2,1-2H3,(H,21,22). The Hall–Kier alpha value is -1.85. The van der Waals surface area contributed by atoms with E-state index in [-0.39, 0.29) is 5.91 Å². The van der Waals surface area contributed by atoms with Gasteiger partial charge in [0.15, 0.2) is 0 Å². The van der Waals surface area contributed by atoms with Crippen LogP contribution in [0.15, 0.2) is 12.4 Å². The Labute approximate surface area is 131 Å². The number of carboxylic acid groups (broad SMARTS) is 1. The molecule has 1 aromatic rings. The summed E-state index contributed by atoms with van der Waals surface area (Å²) in [5.74, 6) is -0.718. The third-order valence-electron chi connectivity index (χ3n) is 4.50. The first-order valence-electron chi connectivity index (χ1n) is 7.95. The average Bonchev–Trinajstić information content (AvgIpc) is 2.91. The van der Waals surface area contributed by atoms with Crippen molar-refractivity contribution in [2.45, 2.75) is 45.4 Å². The minimum absolute atomic E-state index is 0.0466. The molecule has 1 aliphatic rings. The van der Waals surface area contributed by atoms with E-state index in [9.17, 15) is 14.7 Å². The molecule has 6 nitrogen and oxygen atoms in total. The van der Waals surface area contributed by atoms with Gasteiger partial charge in [-0.05, 0) is 31.2 Å². The zero-order chi connectivity index (χ0) is 16.2. The fourth-order valence-electron chi connectivity index (χ4n) is 3.32. The number of piperidine rings is 1. The van der Waals surface area contributed by atoms with Crippen LogP contribution >= 0.6 is 0 Å².